The smallest absolute Gasteiger partial charge is 0.267 e. The van der Waals surface area contributed by atoms with Crippen molar-refractivity contribution in [3.05, 3.63) is 45.2 Å². The van der Waals surface area contributed by atoms with Crippen molar-refractivity contribution >= 4 is 34.2 Å². The van der Waals surface area contributed by atoms with Gasteiger partial charge in [-0.2, -0.15) is 10.5 Å². The van der Waals surface area contributed by atoms with E-state index in [2.05, 4.69) is 5.32 Å². The molecule has 7 nitrogen and oxygen atoms in total. The van der Waals surface area contributed by atoms with Crippen LogP contribution in [0.4, 0.5) is 5.00 Å². The van der Waals surface area contributed by atoms with Crippen molar-refractivity contribution < 1.29 is 14.0 Å². The Bertz CT molecular complexity index is 983. The molecule has 0 saturated heterocycles. The van der Waals surface area contributed by atoms with Gasteiger partial charge in [0.25, 0.3) is 11.8 Å². The molecular formula is C18H16N4O3S. The van der Waals surface area contributed by atoms with Gasteiger partial charge in [-0.1, -0.05) is 0 Å². The first-order valence-corrected chi connectivity index (χ1v) is 8.34. The third-order valence-corrected chi connectivity index (χ3v) is 4.69. The number of hydrogen-bond acceptors (Lipinski definition) is 6. The van der Waals surface area contributed by atoms with E-state index < -0.39 is 5.91 Å². The third-order valence-electron chi connectivity index (χ3n) is 3.50. The van der Waals surface area contributed by atoms with Crippen LogP contribution in [0, 0.1) is 36.5 Å². The molecule has 0 aliphatic carbocycles. The summed E-state index contributed by atoms with van der Waals surface area (Å²) < 4.78 is 5.33. The number of anilines is 1. The number of thiophene rings is 1. The van der Waals surface area contributed by atoms with Gasteiger partial charge in [0.2, 0.25) is 0 Å². The van der Waals surface area contributed by atoms with Crippen LogP contribution >= 0.6 is 11.3 Å². The van der Waals surface area contributed by atoms with Gasteiger partial charge in [-0.05, 0) is 31.5 Å². The number of aryl methyl sites for hydroxylation is 1. The van der Waals surface area contributed by atoms with Gasteiger partial charge in [-0.25, -0.2) is 0 Å². The quantitative estimate of drug-likeness (QED) is 0.659. The minimum atomic E-state index is -0.678. The molecule has 2 heterocycles. The average Bonchev–Trinajstić information content (AvgIpc) is 3.14. The summed E-state index contributed by atoms with van der Waals surface area (Å²) in [5.41, 5.74) is 0.533. The van der Waals surface area contributed by atoms with Crippen LogP contribution in [0.15, 0.2) is 22.1 Å². The highest BCUT2D eigenvalue weighted by molar-refractivity contribution is 7.18. The number of furan rings is 1. The molecule has 2 rings (SSSR count). The summed E-state index contributed by atoms with van der Waals surface area (Å²) in [5, 5.41) is 21.4. The van der Waals surface area contributed by atoms with E-state index in [1.54, 1.807) is 40.1 Å². The molecule has 0 unspecified atom stereocenters. The highest BCUT2D eigenvalue weighted by Gasteiger charge is 2.23. The van der Waals surface area contributed by atoms with Crippen LogP contribution in [0.5, 0.6) is 0 Å². The summed E-state index contributed by atoms with van der Waals surface area (Å²) in [5.74, 6) is 0.0942. The van der Waals surface area contributed by atoms with Crippen molar-refractivity contribution in [1.82, 2.24) is 4.90 Å². The molecular weight excluding hydrogens is 352 g/mol. The van der Waals surface area contributed by atoms with Crippen molar-refractivity contribution in [3.63, 3.8) is 0 Å². The Balaban J connectivity index is 2.35. The number of nitriles is 2. The van der Waals surface area contributed by atoms with Crippen LogP contribution in [0.1, 0.15) is 32.3 Å². The first kappa shape index (κ1) is 19.0. The molecule has 0 radical (unpaired) electrons. The molecule has 26 heavy (non-hydrogen) atoms. The summed E-state index contributed by atoms with van der Waals surface area (Å²) in [7, 11) is 3.21. The van der Waals surface area contributed by atoms with E-state index >= 15 is 0 Å². The fraction of sp³-hybridized carbons (Fsp3) is 0.222. The molecule has 1 N–H and O–H groups in total. The predicted molar refractivity (Wildman–Crippen MR) is 97.5 cm³/mol. The second-order valence-corrected chi connectivity index (χ2v) is 6.66. The summed E-state index contributed by atoms with van der Waals surface area (Å²) in [6.07, 6.45) is 1.32. The lowest BCUT2D eigenvalue weighted by atomic mass is 10.1. The summed E-state index contributed by atoms with van der Waals surface area (Å²) in [6, 6.07) is 7.17. The van der Waals surface area contributed by atoms with Gasteiger partial charge in [-0.3, -0.25) is 9.59 Å². The van der Waals surface area contributed by atoms with E-state index in [0.717, 1.165) is 11.3 Å². The highest BCUT2D eigenvalue weighted by Crippen LogP contribution is 2.33. The lowest BCUT2D eigenvalue weighted by Gasteiger charge is -2.08. The van der Waals surface area contributed by atoms with Gasteiger partial charge >= 0.3 is 0 Å². The van der Waals surface area contributed by atoms with Gasteiger partial charge in [0.05, 0.1) is 10.4 Å². The van der Waals surface area contributed by atoms with Crippen molar-refractivity contribution in [1.29, 1.82) is 10.5 Å². The topological polar surface area (TPSA) is 110 Å². The zero-order valence-corrected chi connectivity index (χ0v) is 15.5. The van der Waals surface area contributed by atoms with Gasteiger partial charge in [0, 0.05) is 20.2 Å². The lowest BCUT2D eigenvalue weighted by molar-refractivity contribution is -0.112. The highest BCUT2D eigenvalue weighted by atomic mass is 32.1. The van der Waals surface area contributed by atoms with Crippen LogP contribution in [0.25, 0.3) is 6.08 Å². The molecule has 8 heteroatoms. The van der Waals surface area contributed by atoms with E-state index in [9.17, 15) is 20.1 Å². The maximum absolute atomic E-state index is 12.4. The molecule has 2 aromatic rings. The van der Waals surface area contributed by atoms with Gasteiger partial charge in [0.1, 0.15) is 34.2 Å². The van der Waals surface area contributed by atoms with Crippen LogP contribution in [0.3, 0.4) is 0 Å². The molecule has 2 aromatic heterocycles. The Hall–Kier alpha value is -3.36. The molecule has 0 saturated carbocycles. The number of nitrogens with zero attached hydrogens (tertiary/aromatic N) is 3. The molecule has 0 bridgehead atoms. The van der Waals surface area contributed by atoms with E-state index in [0.29, 0.717) is 22.0 Å². The number of hydrogen-bond donors (Lipinski definition) is 1. The van der Waals surface area contributed by atoms with Gasteiger partial charge in [-0.15, -0.1) is 11.3 Å². The van der Waals surface area contributed by atoms with Gasteiger partial charge < -0.3 is 14.6 Å². The zero-order chi connectivity index (χ0) is 19.4. The van der Waals surface area contributed by atoms with Crippen LogP contribution in [0.2, 0.25) is 0 Å². The fourth-order valence-electron chi connectivity index (χ4n) is 2.14. The van der Waals surface area contributed by atoms with Crippen LogP contribution in [-0.2, 0) is 4.79 Å². The molecule has 0 fully saturated rings. The summed E-state index contributed by atoms with van der Waals surface area (Å²) in [4.78, 5) is 26.4. The normalized spacial score (nSPS) is 10.8. The monoisotopic (exact) mass is 368 g/mol. The third kappa shape index (κ3) is 3.82. The van der Waals surface area contributed by atoms with Crippen molar-refractivity contribution in [2.24, 2.45) is 0 Å². The Labute approximate surface area is 154 Å². The van der Waals surface area contributed by atoms with Gasteiger partial charge in [0.15, 0.2) is 0 Å². The van der Waals surface area contributed by atoms with E-state index in [1.807, 2.05) is 12.1 Å². The molecule has 0 aliphatic heterocycles. The van der Waals surface area contributed by atoms with E-state index in [4.69, 9.17) is 4.42 Å². The molecule has 0 spiro atoms. The predicted octanol–water partition coefficient (Wildman–Crippen LogP) is 3.08. The second-order valence-electron chi connectivity index (χ2n) is 5.64. The molecule has 0 aliphatic rings. The average molecular weight is 368 g/mol. The first-order chi connectivity index (χ1) is 12.3. The van der Waals surface area contributed by atoms with E-state index in [1.165, 1.54) is 11.0 Å². The minimum absolute atomic E-state index is 0.172. The number of carbonyl (C=O) groups excluding carboxylic acids is 2. The maximum Gasteiger partial charge on any atom is 0.267 e. The molecule has 132 valence electrons. The zero-order valence-electron chi connectivity index (χ0n) is 14.7. The van der Waals surface area contributed by atoms with E-state index in [-0.39, 0.29) is 22.0 Å². The Morgan fingerprint density at radius 2 is 1.96 bits per heavy atom. The molecule has 0 aromatic carbocycles. The second kappa shape index (κ2) is 7.68. The summed E-state index contributed by atoms with van der Waals surface area (Å²) in [6.45, 7) is 3.40. The molecule has 0 atom stereocenters. The first-order valence-electron chi connectivity index (χ1n) is 7.53. The Kier molecular flexibility index (Phi) is 5.61. The standard InChI is InChI=1S/C18H16N4O3S/c1-10-5-6-13(25-10)7-12(8-19)16(23)21-17-14(9-20)11(2)15(26-17)18(24)22(3)4/h5-7H,1-4H3,(H,21,23). The minimum Gasteiger partial charge on any atom is -0.462 e. The van der Waals surface area contributed by atoms with Crippen molar-refractivity contribution in [2.75, 3.05) is 19.4 Å². The SMILES string of the molecule is Cc1ccc(C=C(C#N)C(=O)Nc2sc(C(=O)N(C)C)c(C)c2C#N)o1. The van der Waals surface area contributed by atoms with Crippen molar-refractivity contribution in [2.45, 2.75) is 13.8 Å². The van der Waals surface area contributed by atoms with Crippen LogP contribution < -0.4 is 5.32 Å². The lowest BCUT2D eigenvalue weighted by Crippen LogP contribution is -2.21. The van der Waals surface area contributed by atoms with Crippen LogP contribution in [-0.4, -0.2) is 30.8 Å². The van der Waals surface area contributed by atoms with Crippen molar-refractivity contribution in [3.8, 4) is 12.1 Å². The Morgan fingerprint density at radius 1 is 1.27 bits per heavy atom. The number of rotatable bonds is 4. The number of nitrogens with one attached hydrogen (secondary N) is 1. The fourth-order valence-corrected chi connectivity index (χ4v) is 3.31. The summed E-state index contributed by atoms with van der Waals surface area (Å²) >= 11 is 1.01. The largest absolute Gasteiger partial charge is 0.462 e. The Morgan fingerprint density at radius 3 is 2.46 bits per heavy atom. The number of amides is 2. The molecule has 2 amide bonds. The maximum atomic E-state index is 12.4. The number of carbonyl (C=O) groups is 2.